The van der Waals surface area contributed by atoms with Crippen LogP contribution in [0.5, 0.6) is 0 Å². The van der Waals surface area contributed by atoms with E-state index in [0.717, 1.165) is 18.6 Å². The summed E-state index contributed by atoms with van der Waals surface area (Å²) in [6.07, 6.45) is 6.11. The fraction of sp³-hybridized carbons (Fsp3) is 0.533. The summed E-state index contributed by atoms with van der Waals surface area (Å²) in [6.45, 7) is 3.44. The molecule has 0 aromatic heterocycles. The van der Waals surface area contributed by atoms with E-state index in [1.165, 1.54) is 25.7 Å². The Kier molecular flexibility index (Phi) is 6.97. The highest BCUT2D eigenvalue weighted by molar-refractivity contribution is 5.93. The quantitative estimate of drug-likeness (QED) is 0.531. The van der Waals surface area contributed by atoms with Crippen LogP contribution in [-0.2, 0) is 11.3 Å². The molecule has 4 heteroatoms. The summed E-state index contributed by atoms with van der Waals surface area (Å²) in [5.74, 6) is -0.463. The third-order valence-electron chi connectivity index (χ3n) is 3.08. The molecule has 1 rings (SSSR count). The first kappa shape index (κ1) is 15.5. The molecule has 0 unspecified atom stereocenters. The van der Waals surface area contributed by atoms with Crippen LogP contribution in [-0.4, -0.2) is 12.5 Å². The molecule has 4 N–H and O–H groups in total. The highest BCUT2D eigenvalue weighted by atomic mass is 16.5. The molecule has 0 bridgehead atoms. The zero-order valence-electron chi connectivity index (χ0n) is 11.7. The molecule has 0 fully saturated rings. The van der Waals surface area contributed by atoms with Crippen molar-refractivity contribution in [1.29, 1.82) is 0 Å². The summed E-state index contributed by atoms with van der Waals surface area (Å²) in [4.78, 5) is 11.0. The number of unbranched alkanes of at least 4 members (excludes halogenated alkanes) is 4. The third-order valence-corrected chi connectivity index (χ3v) is 3.08. The standard InChI is InChI=1S/C15H24N2O2/c1-2-3-4-5-6-9-19-11-13-8-7-12(15(17)18)10-14(13)16/h7-8,10H,2-6,9,11,16H2,1H3,(H2,17,18). The molecule has 0 saturated heterocycles. The molecule has 0 aliphatic heterocycles. The van der Waals surface area contributed by atoms with Crippen molar-refractivity contribution in [2.75, 3.05) is 12.3 Å². The lowest BCUT2D eigenvalue weighted by molar-refractivity contribution is 0.1000. The number of nitrogen functional groups attached to an aromatic ring is 1. The van der Waals surface area contributed by atoms with Crippen LogP contribution in [0.25, 0.3) is 0 Å². The predicted octanol–water partition coefficient (Wildman–Crippen LogP) is 2.85. The van der Waals surface area contributed by atoms with E-state index in [2.05, 4.69) is 6.92 Å². The van der Waals surface area contributed by atoms with Gasteiger partial charge in [-0.3, -0.25) is 4.79 Å². The number of ether oxygens (including phenoxy) is 1. The van der Waals surface area contributed by atoms with E-state index < -0.39 is 5.91 Å². The third kappa shape index (κ3) is 5.75. The molecular weight excluding hydrogens is 240 g/mol. The Hall–Kier alpha value is -1.55. The van der Waals surface area contributed by atoms with Gasteiger partial charge >= 0.3 is 0 Å². The lowest BCUT2D eigenvalue weighted by Gasteiger charge is -2.08. The smallest absolute Gasteiger partial charge is 0.248 e. The van der Waals surface area contributed by atoms with Crippen LogP contribution >= 0.6 is 0 Å². The van der Waals surface area contributed by atoms with Gasteiger partial charge in [-0.1, -0.05) is 38.7 Å². The lowest BCUT2D eigenvalue weighted by atomic mass is 10.1. The highest BCUT2D eigenvalue weighted by Gasteiger charge is 2.04. The maximum absolute atomic E-state index is 11.0. The van der Waals surface area contributed by atoms with Gasteiger partial charge < -0.3 is 16.2 Å². The normalized spacial score (nSPS) is 10.6. The lowest BCUT2D eigenvalue weighted by Crippen LogP contribution is -2.12. The van der Waals surface area contributed by atoms with Gasteiger partial charge in [-0.15, -0.1) is 0 Å². The fourth-order valence-corrected chi connectivity index (χ4v) is 1.87. The summed E-state index contributed by atoms with van der Waals surface area (Å²) >= 11 is 0. The van der Waals surface area contributed by atoms with Gasteiger partial charge in [0.25, 0.3) is 0 Å². The Bertz CT molecular complexity index is 405. The minimum Gasteiger partial charge on any atom is -0.398 e. The maximum Gasteiger partial charge on any atom is 0.248 e. The first-order valence-corrected chi connectivity index (χ1v) is 6.91. The summed E-state index contributed by atoms with van der Waals surface area (Å²) in [5, 5.41) is 0. The Balaban J connectivity index is 2.28. The largest absolute Gasteiger partial charge is 0.398 e. The van der Waals surface area contributed by atoms with E-state index in [4.69, 9.17) is 16.2 Å². The molecule has 0 aliphatic rings. The van der Waals surface area contributed by atoms with Crippen molar-refractivity contribution in [1.82, 2.24) is 0 Å². The molecule has 0 radical (unpaired) electrons. The van der Waals surface area contributed by atoms with E-state index in [1.807, 2.05) is 0 Å². The second-order valence-corrected chi connectivity index (χ2v) is 4.74. The summed E-state index contributed by atoms with van der Waals surface area (Å²) in [5.41, 5.74) is 12.9. The van der Waals surface area contributed by atoms with Crippen molar-refractivity contribution >= 4 is 11.6 Å². The molecule has 0 saturated carbocycles. The molecular formula is C15H24N2O2. The van der Waals surface area contributed by atoms with Gasteiger partial charge in [0.1, 0.15) is 0 Å². The van der Waals surface area contributed by atoms with Gasteiger partial charge in [-0.05, 0) is 18.6 Å². The fourth-order valence-electron chi connectivity index (χ4n) is 1.87. The van der Waals surface area contributed by atoms with Gasteiger partial charge in [-0.25, -0.2) is 0 Å². The van der Waals surface area contributed by atoms with Crippen molar-refractivity contribution in [3.63, 3.8) is 0 Å². The van der Waals surface area contributed by atoms with E-state index in [1.54, 1.807) is 18.2 Å². The number of nitrogens with two attached hydrogens (primary N) is 2. The van der Waals surface area contributed by atoms with Crippen molar-refractivity contribution in [3.8, 4) is 0 Å². The molecule has 0 aliphatic carbocycles. The van der Waals surface area contributed by atoms with E-state index in [9.17, 15) is 4.79 Å². The van der Waals surface area contributed by atoms with Crippen LogP contribution in [0.3, 0.4) is 0 Å². The second kappa shape index (κ2) is 8.53. The van der Waals surface area contributed by atoms with Crippen molar-refractivity contribution in [2.45, 2.75) is 45.6 Å². The Morgan fingerprint density at radius 2 is 1.95 bits per heavy atom. The number of hydrogen-bond donors (Lipinski definition) is 2. The number of anilines is 1. The first-order chi connectivity index (χ1) is 9.15. The molecule has 0 spiro atoms. The number of amides is 1. The average Bonchev–Trinajstić information content (AvgIpc) is 2.39. The summed E-state index contributed by atoms with van der Waals surface area (Å²) < 4.78 is 5.58. The topological polar surface area (TPSA) is 78.3 Å². The number of benzene rings is 1. The average molecular weight is 264 g/mol. The molecule has 1 aromatic rings. The van der Waals surface area contributed by atoms with Gasteiger partial charge in [0, 0.05) is 23.4 Å². The molecule has 106 valence electrons. The molecule has 1 amide bonds. The molecule has 1 aromatic carbocycles. The predicted molar refractivity (Wildman–Crippen MR) is 77.8 cm³/mol. The zero-order chi connectivity index (χ0) is 14.1. The minimum absolute atomic E-state index is 0.431. The molecule has 4 nitrogen and oxygen atoms in total. The second-order valence-electron chi connectivity index (χ2n) is 4.74. The van der Waals surface area contributed by atoms with Crippen LogP contribution < -0.4 is 11.5 Å². The van der Waals surface area contributed by atoms with Gasteiger partial charge in [0.2, 0.25) is 5.91 Å². The van der Waals surface area contributed by atoms with E-state index in [-0.39, 0.29) is 0 Å². The van der Waals surface area contributed by atoms with Crippen molar-refractivity contribution < 1.29 is 9.53 Å². The van der Waals surface area contributed by atoms with Crippen LogP contribution in [0, 0.1) is 0 Å². The van der Waals surface area contributed by atoms with Gasteiger partial charge in [-0.2, -0.15) is 0 Å². The van der Waals surface area contributed by atoms with Gasteiger partial charge in [0.05, 0.1) is 6.61 Å². The first-order valence-electron chi connectivity index (χ1n) is 6.91. The number of rotatable bonds is 9. The van der Waals surface area contributed by atoms with E-state index >= 15 is 0 Å². The Labute approximate surface area is 115 Å². The number of primary amides is 1. The van der Waals surface area contributed by atoms with Crippen molar-refractivity contribution in [2.24, 2.45) is 5.73 Å². The van der Waals surface area contributed by atoms with E-state index in [0.29, 0.717) is 17.9 Å². The number of carbonyl (C=O) groups is 1. The molecule has 0 atom stereocenters. The molecule has 0 heterocycles. The monoisotopic (exact) mass is 264 g/mol. The SMILES string of the molecule is CCCCCCCOCc1ccc(C(N)=O)cc1N. The van der Waals surface area contributed by atoms with Crippen LogP contribution in [0.1, 0.15) is 54.9 Å². The van der Waals surface area contributed by atoms with Crippen LogP contribution in [0.15, 0.2) is 18.2 Å². The Morgan fingerprint density at radius 1 is 1.21 bits per heavy atom. The number of hydrogen-bond acceptors (Lipinski definition) is 3. The highest BCUT2D eigenvalue weighted by Crippen LogP contribution is 2.15. The molecule has 19 heavy (non-hydrogen) atoms. The Morgan fingerprint density at radius 3 is 2.58 bits per heavy atom. The van der Waals surface area contributed by atoms with Crippen LogP contribution in [0.4, 0.5) is 5.69 Å². The van der Waals surface area contributed by atoms with Gasteiger partial charge in [0.15, 0.2) is 0 Å². The van der Waals surface area contributed by atoms with Crippen LogP contribution in [0.2, 0.25) is 0 Å². The zero-order valence-corrected chi connectivity index (χ0v) is 11.7. The maximum atomic E-state index is 11.0. The summed E-state index contributed by atoms with van der Waals surface area (Å²) in [7, 11) is 0. The number of carbonyl (C=O) groups excluding carboxylic acids is 1. The van der Waals surface area contributed by atoms with Crippen molar-refractivity contribution in [3.05, 3.63) is 29.3 Å². The minimum atomic E-state index is -0.463. The summed E-state index contributed by atoms with van der Waals surface area (Å²) in [6, 6.07) is 5.08.